The highest BCUT2D eigenvalue weighted by Gasteiger charge is 2.42. The predicted octanol–water partition coefficient (Wildman–Crippen LogP) is 6.07. The van der Waals surface area contributed by atoms with E-state index in [-0.39, 0.29) is 41.4 Å². The number of urea groups is 1. The van der Waals surface area contributed by atoms with Gasteiger partial charge in [0, 0.05) is 32.3 Å². The van der Waals surface area contributed by atoms with Gasteiger partial charge in [-0.05, 0) is 49.2 Å². The van der Waals surface area contributed by atoms with Crippen molar-refractivity contribution in [3.63, 3.8) is 0 Å². The van der Waals surface area contributed by atoms with Crippen LogP contribution < -0.4 is 10.6 Å². The normalized spacial score (nSPS) is 14.1. The van der Waals surface area contributed by atoms with E-state index in [1.807, 2.05) is 0 Å². The Hall–Kier alpha value is -4.72. The summed E-state index contributed by atoms with van der Waals surface area (Å²) in [5.74, 6) is -2.30. The molecule has 2 heterocycles. The summed E-state index contributed by atoms with van der Waals surface area (Å²) < 4.78 is 57.7. The summed E-state index contributed by atoms with van der Waals surface area (Å²) >= 11 is 5.94. The molecule has 4 rings (SSSR count). The highest BCUT2D eigenvalue weighted by Crippen LogP contribution is 2.30. The fourth-order valence-corrected chi connectivity index (χ4v) is 4.55. The first-order chi connectivity index (χ1) is 20.8. The molecule has 0 saturated carbocycles. The maximum Gasteiger partial charge on any atom is 0.417 e. The van der Waals surface area contributed by atoms with Crippen molar-refractivity contribution in [1.29, 1.82) is 0 Å². The van der Waals surface area contributed by atoms with Gasteiger partial charge in [0.15, 0.2) is 6.23 Å². The van der Waals surface area contributed by atoms with Crippen molar-refractivity contribution in [2.24, 2.45) is 0 Å². The van der Waals surface area contributed by atoms with Crippen molar-refractivity contribution in [2.45, 2.75) is 44.8 Å². The number of amides is 5. The lowest BCUT2D eigenvalue weighted by molar-refractivity contribution is -0.137. The van der Waals surface area contributed by atoms with Crippen LogP contribution in [0.5, 0.6) is 0 Å². The maximum atomic E-state index is 13.7. The fraction of sp³-hybridized carbons (Fsp3) is 0.276. The molecule has 1 aliphatic heterocycles. The predicted molar refractivity (Wildman–Crippen MR) is 150 cm³/mol. The summed E-state index contributed by atoms with van der Waals surface area (Å²) in [6.45, 7) is 1.63. The molecular weight excluding hydrogens is 610 g/mol. The Labute approximate surface area is 253 Å². The molecule has 232 valence electrons. The van der Waals surface area contributed by atoms with Gasteiger partial charge in [-0.2, -0.15) is 13.2 Å². The highest BCUT2D eigenvalue weighted by atomic mass is 35.5. The van der Waals surface area contributed by atoms with Crippen LogP contribution in [-0.2, 0) is 17.5 Å². The molecule has 0 fully saturated rings. The number of carbonyl (C=O) groups is 4. The van der Waals surface area contributed by atoms with Gasteiger partial charge in [0.2, 0.25) is 0 Å². The first-order valence-electron chi connectivity index (χ1n) is 13.2. The van der Waals surface area contributed by atoms with Crippen LogP contribution in [0.15, 0.2) is 60.8 Å². The monoisotopic (exact) mass is 635 g/mol. The number of imide groups is 1. The van der Waals surface area contributed by atoms with Crippen LogP contribution in [-0.4, -0.2) is 58.0 Å². The van der Waals surface area contributed by atoms with Crippen molar-refractivity contribution in [1.82, 2.24) is 20.1 Å². The van der Waals surface area contributed by atoms with Gasteiger partial charge in [0.05, 0.1) is 21.7 Å². The summed E-state index contributed by atoms with van der Waals surface area (Å²) in [5.41, 5.74) is -0.442. The number of nitrogens with one attached hydrogen (secondary N) is 2. The van der Waals surface area contributed by atoms with E-state index in [1.165, 1.54) is 36.2 Å². The molecule has 0 bridgehead atoms. The summed E-state index contributed by atoms with van der Waals surface area (Å²) in [7, 11) is 1.49. The van der Waals surface area contributed by atoms with E-state index in [1.54, 1.807) is 25.1 Å². The molecule has 5 amide bonds. The lowest BCUT2D eigenvalue weighted by Crippen LogP contribution is -2.46. The molecular formula is C29H26ClF4N5O5. The minimum Gasteiger partial charge on any atom is -0.425 e. The smallest absolute Gasteiger partial charge is 0.417 e. The number of pyridine rings is 1. The van der Waals surface area contributed by atoms with Crippen molar-refractivity contribution in [3.05, 3.63) is 93.9 Å². The quantitative estimate of drug-likeness (QED) is 0.217. The number of fused-ring (bicyclic) bond motifs is 1. The number of hydrogen-bond acceptors (Lipinski definition) is 6. The number of halogens is 5. The molecule has 0 aliphatic carbocycles. The number of alkyl halides is 3. The first-order valence-corrected chi connectivity index (χ1v) is 13.6. The van der Waals surface area contributed by atoms with E-state index < -0.39 is 53.8 Å². The molecule has 2 N–H and O–H groups in total. The zero-order valence-electron chi connectivity index (χ0n) is 23.3. The molecule has 1 aromatic heterocycles. The van der Waals surface area contributed by atoms with E-state index in [0.717, 1.165) is 17.0 Å². The zero-order chi connectivity index (χ0) is 32.2. The van der Waals surface area contributed by atoms with Crippen LogP contribution in [0.1, 0.15) is 51.6 Å². The number of benzene rings is 2. The topological polar surface area (TPSA) is 121 Å². The summed E-state index contributed by atoms with van der Waals surface area (Å²) in [6, 6.07) is 10.8. The second-order valence-corrected chi connectivity index (χ2v) is 10.2. The zero-order valence-corrected chi connectivity index (χ0v) is 24.1. The number of rotatable bonds is 9. The average Bonchev–Trinajstić information content (AvgIpc) is 3.24. The summed E-state index contributed by atoms with van der Waals surface area (Å²) in [6.07, 6.45) is -6.69. The van der Waals surface area contributed by atoms with Crippen LogP contribution in [0.3, 0.4) is 0 Å². The largest absolute Gasteiger partial charge is 0.425 e. The SMILES string of the molecule is CC(CCC(OC(=O)Nc1ccc(C(F)(F)F)cn1)N1C(=O)c2ccccc2C1=O)N(C)C(=O)NCc1cccc(F)c1Cl. The second-order valence-electron chi connectivity index (χ2n) is 9.85. The van der Waals surface area contributed by atoms with Crippen LogP contribution in [0.25, 0.3) is 0 Å². The second kappa shape index (κ2) is 13.3. The van der Waals surface area contributed by atoms with E-state index in [0.29, 0.717) is 11.8 Å². The number of anilines is 1. The Morgan fingerprint density at radius 1 is 1.02 bits per heavy atom. The lowest BCUT2D eigenvalue weighted by atomic mass is 10.1. The molecule has 2 atom stereocenters. The van der Waals surface area contributed by atoms with E-state index >= 15 is 0 Å². The number of aromatic nitrogens is 1. The molecule has 15 heteroatoms. The van der Waals surface area contributed by atoms with Crippen molar-refractivity contribution < 1.29 is 41.5 Å². The van der Waals surface area contributed by atoms with Crippen LogP contribution in [0.2, 0.25) is 5.02 Å². The number of nitrogens with zero attached hydrogens (tertiary/aromatic N) is 3. The molecule has 44 heavy (non-hydrogen) atoms. The van der Waals surface area contributed by atoms with Crippen LogP contribution in [0.4, 0.5) is 33.0 Å². The molecule has 3 aromatic rings. The van der Waals surface area contributed by atoms with E-state index in [2.05, 4.69) is 15.6 Å². The molecule has 0 spiro atoms. The first kappa shape index (κ1) is 32.2. The molecule has 0 saturated heterocycles. The Balaban J connectivity index is 1.44. The minimum atomic E-state index is -4.63. The van der Waals surface area contributed by atoms with Crippen molar-refractivity contribution in [3.8, 4) is 0 Å². The van der Waals surface area contributed by atoms with E-state index in [4.69, 9.17) is 16.3 Å². The minimum absolute atomic E-state index is 0.0502. The van der Waals surface area contributed by atoms with Crippen molar-refractivity contribution in [2.75, 3.05) is 12.4 Å². The van der Waals surface area contributed by atoms with Gasteiger partial charge >= 0.3 is 18.3 Å². The summed E-state index contributed by atoms with van der Waals surface area (Å²) in [5, 5.41) is 4.71. The van der Waals surface area contributed by atoms with Gasteiger partial charge in [-0.25, -0.2) is 23.9 Å². The molecule has 2 aromatic carbocycles. The third kappa shape index (κ3) is 7.25. The number of ether oxygens (including phenoxy) is 1. The van der Waals surface area contributed by atoms with Gasteiger partial charge in [-0.3, -0.25) is 14.9 Å². The Bertz CT molecular complexity index is 1540. The standard InChI is InChI=1S/C29H26ClF4N5O5/c1-16(38(2)27(42)36-14-17-6-5-9-21(31)24(17)30)10-13-23(39-25(40)19-7-3-4-8-20(19)26(39)41)44-28(43)37-22-12-11-18(15-35-22)29(32,33)34/h3-9,11-12,15-16,23H,10,13-14H2,1-2H3,(H,36,42)(H,35,37,43). The fourth-order valence-electron chi connectivity index (χ4n) is 4.36. The van der Waals surface area contributed by atoms with Crippen LogP contribution in [0, 0.1) is 5.82 Å². The van der Waals surface area contributed by atoms with Crippen molar-refractivity contribution >= 4 is 41.4 Å². The van der Waals surface area contributed by atoms with Gasteiger partial charge < -0.3 is 15.0 Å². The highest BCUT2D eigenvalue weighted by molar-refractivity contribution is 6.31. The molecule has 2 unspecified atom stereocenters. The van der Waals surface area contributed by atoms with Gasteiger partial charge in [-0.15, -0.1) is 0 Å². The third-order valence-electron chi connectivity index (χ3n) is 6.95. The maximum absolute atomic E-state index is 13.7. The molecule has 0 radical (unpaired) electrons. The lowest BCUT2D eigenvalue weighted by Gasteiger charge is -2.29. The average molecular weight is 636 g/mol. The van der Waals surface area contributed by atoms with Gasteiger partial charge in [0.1, 0.15) is 11.6 Å². The van der Waals surface area contributed by atoms with Gasteiger partial charge in [-0.1, -0.05) is 35.9 Å². The molecule has 1 aliphatic rings. The number of carbonyl (C=O) groups excluding carboxylic acids is 4. The molecule has 10 nitrogen and oxygen atoms in total. The Morgan fingerprint density at radius 2 is 1.68 bits per heavy atom. The van der Waals surface area contributed by atoms with E-state index in [9.17, 15) is 36.7 Å². The Morgan fingerprint density at radius 3 is 2.27 bits per heavy atom. The third-order valence-corrected chi connectivity index (χ3v) is 7.38. The van der Waals surface area contributed by atoms with Crippen LogP contribution >= 0.6 is 11.6 Å². The van der Waals surface area contributed by atoms with Gasteiger partial charge in [0.25, 0.3) is 11.8 Å². The summed E-state index contributed by atoms with van der Waals surface area (Å²) in [4.78, 5) is 57.5. The Kier molecular flexibility index (Phi) is 9.72. The number of hydrogen-bond donors (Lipinski definition) is 2.